The van der Waals surface area contributed by atoms with Crippen LogP contribution in [0.15, 0.2) is 0 Å². The lowest BCUT2D eigenvalue weighted by Crippen LogP contribution is -2.42. The van der Waals surface area contributed by atoms with E-state index in [-0.39, 0.29) is 11.3 Å². The highest BCUT2D eigenvalue weighted by Gasteiger charge is 2.34. The van der Waals surface area contributed by atoms with Gasteiger partial charge in [-0.2, -0.15) is 0 Å². The number of carbonyl (C=O) groups excluding carboxylic acids is 1. The van der Waals surface area contributed by atoms with E-state index in [1.807, 2.05) is 11.9 Å². The Labute approximate surface area is 117 Å². The smallest absolute Gasteiger partial charge is 0.222 e. The topological polar surface area (TPSA) is 58.4 Å². The van der Waals surface area contributed by atoms with Crippen molar-refractivity contribution in [3.63, 3.8) is 0 Å². The summed E-state index contributed by atoms with van der Waals surface area (Å²) in [5.74, 6) is 0.863. The first kappa shape index (κ1) is 14.8. The van der Waals surface area contributed by atoms with Crippen LogP contribution in [0.25, 0.3) is 0 Å². The maximum Gasteiger partial charge on any atom is 0.222 e. The average molecular weight is 267 g/mol. The van der Waals surface area contributed by atoms with E-state index < -0.39 is 0 Å². The average Bonchev–Trinajstić information content (AvgIpc) is 2.68. The Morgan fingerprint density at radius 2 is 1.89 bits per heavy atom. The first-order valence-electron chi connectivity index (χ1n) is 7.60. The first-order valence-corrected chi connectivity index (χ1v) is 7.60. The van der Waals surface area contributed by atoms with Gasteiger partial charge in [-0.15, -0.1) is 0 Å². The van der Waals surface area contributed by atoms with Crippen molar-refractivity contribution in [2.75, 3.05) is 20.1 Å². The lowest BCUT2D eigenvalue weighted by molar-refractivity contribution is -0.132. The second kappa shape index (κ2) is 5.80. The minimum Gasteiger partial charge on any atom is -0.345 e. The SMILES string of the molecule is CN(CC(C)(C)CN)C(=O)CC1CC2CCC(C1)N2. The van der Waals surface area contributed by atoms with Crippen LogP contribution in [-0.4, -0.2) is 43.0 Å². The first-order chi connectivity index (χ1) is 8.89. The van der Waals surface area contributed by atoms with Gasteiger partial charge in [-0.05, 0) is 43.6 Å². The van der Waals surface area contributed by atoms with Gasteiger partial charge in [0.2, 0.25) is 5.91 Å². The zero-order chi connectivity index (χ0) is 14.0. The fourth-order valence-corrected chi connectivity index (χ4v) is 3.54. The van der Waals surface area contributed by atoms with Crippen LogP contribution < -0.4 is 11.1 Å². The number of piperidine rings is 1. The summed E-state index contributed by atoms with van der Waals surface area (Å²) in [5, 5.41) is 3.63. The molecule has 19 heavy (non-hydrogen) atoms. The molecule has 1 amide bonds. The molecule has 2 aliphatic rings. The predicted octanol–water partition coefficient (Wildman–Crippen LogP) is 1.35. The molecule has 0 radical (unpaired) electrons. The lowest BCUT2D eigenvalue weighted by atomic mass is 9.88. The Kier molecular flexibility index (Phi) is 4.51. The van der Waals surface area contributed by atoms with Crippen LogP contribution in [0.4, 0.5) is 0 Å². The van der Waals surface area contributed by atoms with Crippen molar-refractivity contribution in [1.29, 1.82) is 0 Å². The summed E-state index contributed by atoms with van der Waals surface area (Å²) < 4.78 is 0. The number of hydrogen-bond donors (Lipinski definition) is 2. The molecule has 4 nitrogen and oxygen atoms in total. The molecule has 2 fully saturated rings. The molecule has 2 aliphatic heterocycles. The van der Waals surface area contributed by atoms with Crippen molar-refractivity contribution < 1.29 is 4.79 Å². The van der Waals surface area contributed by atoms with Crippen molar-refractivity contribution in [1.82, 2.24) is 10.2 Å². The minimum atomic E-state index is 0.0115. The van der Waals surface area contributed by atoms with E-state index in [9.17, 15) is 4.79 Å². The molecule has 0 aromatic heterocycles. The van der Waals surface area contributed by atoms with Crippen LogP contribution in [-0.2, 0) is 4.79 Å². The molecule has 110 valence electrons. The van der Waals surface area contributed by atoms with Crippen molar-refractivity contribution in [2.45, 2.75) is 58.0 Å². The maximum absolute atomic E-state index is 12.3. The lowest BCUT2D eigenvalue weighted by Gasteiger charge is -2.32. The minimum absolute atomic E-state index is 0.0115. The molecule has 2 atom stereocenters. The molecule has 2 rings (SSSR count). The van der Waals surface area contributed by atoms with Crippen LogP contribution in [0.3, 0.4) is 0 Å². The maximum atomic E-state index is 12.3. The fraction of sp³-hybridized carbons (Fsp3) is 0.933. The summed E-state index contributed by atoms with van der Waals surface area (Å²) in [6.45, 7) is 5.59. The van der Waals surface area contributed by atoms with Crippen LogP contribution in [0.2, 0.25) is 0 Å². The van der Waals surface area contributed by atoms with Crippen molar-refractivity contribution in [3.05, 3.63) is 0 Å². The molecule has 4 heteroatoms. The molecule has 3 N–H and O–H groups in total. The summed E-state index contributed by atoms with van der Waals surface area (Å²) >= 11 is 0. The normalized spacial score (nSPS) is 30.4. The summed E-state index contributed by atoms with van der Waals surface area (Å²) in [6, 6.07) is 1.34. The molecule has 2 saturated heterocycles. The van der Waals surface area contributed by atoms with Gasteiger partial charge >= 0.3 is 0 Å². The number of fused-ring (bicyclic) bond motifs is 2. The zero-order valence-corrected chi connectivity index (χ0v) is 12.6. The predicted molar refractivity (Wildman–Crippen MR) is 77.8 cm³/mol. The summed E-state index contributed by atoms with van der Waals surface area (Å²) in [5.41, 5.74) is 5.75. The highest BCUT2D eigenvalue weighted by molar-refractivity contribution is 5.76. The standard InChI is InChI=1S/C15H29N3O/c1-15(2,9-16)10-18(3)14(19)8-11-6-12-4-5-13(7-11)17-12/h11-13,17H,4-10,16H2,1-3H3. The number of rotatable bonds is 5. The van der Waals surface area contributed by atoms with Gasteiger partial charge in [-0.3, -0.25) is 4.79 Å². The van der Waals surface area contributed by atoms with Crippen LogP contribution in [0, 0.1) is 11.3 Å². The Morgan fingerprint density at radius 3 is 2.42 bits per heavy atom. The Hall–Kier alpha value is -0.610. The number of hydrogen-bond acceptors (Lipinski definition) is 3. The van der Waals surface area contributed by atoms with Gasteiger partial charge in [0.1, 0.15) is 0 Å². The third-order valence-electron chi connectivity index (χ3n) is 4.68. The molecule has 0 aromatic carbocycles. The van der Waals surface area contributed by atoms with Gasteiger partial charge in [0.15, 0.2) is 0 Å². The molecule has 0 aliphatic carbocycles. The largest absolute Gasteiger partial charge is 0.345 e. The number of nitrogens with one attached hydrogen (secondary N) is 1. The van der Waals surface area contributed by atoms with Gasteiger partial charge in [0.05, 0.1) is 0 Å². The molecular formula is C15H29N3O. The second-order valence-corrected chi connectivity index (χ2v) is 7.30. The van der Waals surface area contributed by atoms with Gasteiger partial charge in [0.25, 0.3) is 0 Å². The number of nitrogens with two attached hydrogens (primary N) is 1. The molecule has 2 heterocycles. The second-order valence-electron chi connectivity index (χ2n) is 7.30. The van der Waals surface area contributed by atoms with Crippen LogP contribution in [0.1, 0.15) is 46.0 Å². The van der Waals surface area contributed by atoms with Crippen molar-refractivity contribution >= 4 is 5.91 Å². The van der Waals surface area contributed by atoms with E-state index in [0.29, 0.717) is 31.0 Å². The molecule has 0 saturated carbocycles. The number of amides is 1. The summed E-state index contributed by atoms with van der Waals surface area (Å²) in [7, 11) is 1.91. The highest BCUT2D eigenvalue weighted by atomic mass is 16.2. The van der Waals surface area contributed by atoms with Gasteiger partial charge in [-0.25, -0.2) is 0 Å². The zero-order valence-electron chi connectivity index (χ0n) is 12.6. The van der Waals surface area contributed by atoms with E-state index in [1.165, 1.54) is 25.7 Å². The molecule has 2 bridgehead atoms. The van der Waals surface area contributed by atoms with E-state index in [2.05, 4.69) is 19.2 Å². The van der Waals surface area contributed by atoms with Crippen molar-refractivity contribution in [3.8, 4) is 0 Å². The van der Waals surface area contributed by atoms with E-state index in [4.69, 9.17) is 5.73 Å². The Balaban J connectivity index is 1.80. The monoisotopic (exact) mass is 267 g/mol. The molecule has 0 aromatic rings. The number of nitrogens with zero attached hydrogens (tertiary/aromatic N) is 1. The third-order valence-corrected chi connectivity index (χ3v) is 4.68. The Bertz CT molecular complexity index is 317. The van der Waals surface area contributed by atoms with E-state index >= 15 is 0 Å². The van der Waals surface area contributed by atoms with Gasteiger partial charge in [0, 0.05) is 32.1 Å². The van der Waals surface area contributed by atoms with E-state index in [0.717, 1.165) is 6.54 Å². The summed E-state index contributed by atoms with van der Waals surface area (Å²) in [4.78, 5) is 14.2. The molecule has 2 unspecified atom stereocenters. The quantitative estimate of drug-likeness (QED) is 0.790. The summed E-state index contributed by atoms with van der Waals surface area (Å²) in [6.07, 6.45) is 5.66. The number of carbonyl (C=O) groups is 1. The molecular weight excluding hydrogens is 238 g/mol. The van der Waals surface area contributed by atoms with Crippen LogP contribution >= 0.6 is 0 Å². The van der Waals surface area contributed by atoms with Gasteiger partial charge < -0.3 is 16.0 Å². The highest BCUT2D eigenvalue weighted by Crippen LogP contribution is 2.33. The van der Waals surface area contributed by atoms with Gasteiger partial charge in [-0.1, -0.05) is 13.8 Å². The fourth-order valence-electron chi connectivity index (χ4n) is 3.54. The Morgan fingerprint density at radius 1 is 1.32 bits per heavy atom. The van der Waals surface area contributed by atoms with Crippen LogP contribution in [0.5, 0.6) is 0 Å². The third kappa shape index (κ3) is 3.93. The molecule has 0 spiro atoms. The van der Waals surface area contributed by atoms with Crippen molar-refractivity contribution in [2.24, 2.45) is 17.1 Å². The van der Waals surface area contributed by atoms with E-state index in [1.54, 1.807) is 0 Å².